The predicted octanol–water partition coefficient (Wildman–Crippen LogP) is 2.16. The molecule has 1 unspecified atom stereocenters. The number of halogens is 3. The maximum Gasteiger partial charge on any atom is 0.390 e. The quantitative estimate of drug-likeness (QED) is 0.837. The molecule has 1 aromatic rings. The number of rotatable bonds is 4. The summed E-state index contributed by atoms with van der Waals surface area (Å²) in [6.07, 6.45) is -1.43. The Morgan fingerprint density at radius 3 is 2.67 bits per heavy atom. The lowest BCUT2D eigenvalue weighted by Crippen LogP contribution is -2.32. The van der Waals surface area contributed by atoms with Gasteiger partial charge in [-0.2, -0.15) is 13.2 Å². The van der Waals surface area contributed by atoms with Crippen molar-refractivity contribution in [3.63, 3.8) is 0 Å². The second-order valence-corrected chi connectivity index (χ2v) is 3.37. The van der Waals surface area contributed by atoms with Crippen LogP contribution in [-0.4, -0.2) is 24.2 Å². The topological polar surface area (TPSA) is 24.9 Å². The van der Waals surface area contributed by atoms with Crippen molar-refractivity contribution in [1.82, 2.24) is 10.3 Å². The first-order chi connectivity index (χ1) is 7.01. The fourth-order valence-corrected chi connectivity index (χ4v) is 1.36. The monoisotopic (exact) mass is 218 g/mol. The normalized spacial score (nSPS) is 13.9. The molecule has 0 fully saturated rings. The summed E-state index contributed by atoms with van der Waals surface area (Å²) in [6.45, 7) is 0. The molecule has 1 N–H and O–H groups in total. The SMILES string of the molecule is CNC(Cc1cccnc1)CC(F)(F)F. The Labute approximate surface area is 86.5 Å². The molecule has 0 radical (unpaired) electrons. The number of hydrogen-bond donors (Lipinski definition) is 1. The molecule has 0 aliphatic heterocycles. The van der Waals surface area contributed by atoms with Gasteiger partial charge in [-0.05, 0) is 25.1 Å². The van der Waals surface area contributed by atoms with Crippen LogP contribution in [0.5, 0.6) is 0 Å². The van der Waals surface area contributed by atoms with Crippen LogP contribution in [0.2, 0.25) is 0 Å². The first kappa shape index (κ1) is 12.0. The number of alkyl halides is 3. The highest BCUT2D eigenvalue weighted by molar-refractivity contribution is 5.10. The molecule has 1 rings (SSSR count). The lowest BCUT2D eigenvalue weighted by Gasteiger charge is -2.17. The van der Waals surface area contributed by atoms with Gasteiger partial charge in [0.05, 0.1) is 6.42 Å². The smallest absolute Gasteiger partial charge is 0.316 e. The average molecular weight is 218 g/mol. The number of hydrogen-bond acceptors (Lipinski definition) is 2. The lowest BCUT2D eigenvalue weighted by molar-refractivity contribution is -0.139. The van der Waals surface area contributed by atoms with Gasteiger partial charge in [0, 0.05) is 18.4 Å². The molecule has 0 spiro atoms. The third-order valence-electron chi connectivity index (χ3n) is 2.09. The van der Waals surface area contributed by atoms with Crippen molar-refractivity contribution in [2.75, 3.05) is 7.05 Å². The molecule has 2 nitrogen and oxygen atoms in total. The van der Waals surface area contributed by atoms with Gasteiger partial charge in [0.1, 0.15) is 0 Å². The minimum Gasteiger partial charge on any atom is -0.316 e. The second-order valence-electron chi connectivity index (χ2n) is 3.37. The van der Waals surface area contributed by atoms with Crippen molar-refractivity contribution in [2.45, 2.75) is 25.1 Å². The van der Waals surface area contributed by atoms with Crippen LogP contribution in [0.1, 0.15) is 12.0 Å². The van der Waals surface area contributed by atoms with E-state index in [0.29, 0.717) is 6.42 Å². The highest BCUT2D eigenvalue weighted by Gasteiger charge is 2.31. The van der Waals surface area contributed by atoms with Crippen LogP contribution < -0.4 is 5.32 Å². The zero-order valence-corrected chi connectivity index (χ0v) is 8.38. The number of nitrogens with one attached hydrogen (secondary N) is 1. The molecule has 15 heavy (non-hydrogen) atoms. The standard InChI is InChI=1S/C10H13F3N2/c1-14-9(6-10(11,12)13)5-8-3-2-4-15-7-8/h2-4,7,9,14H,5-6H2,1H3. The largest absolute Gasteiger partial charge is 0.390 e. The minimum atomic E-state index is -4.13. The maximum atomic E-state index is 12.1. The summed E-state index contributed by atoms with van der Waals surface area (Å²) >= 11 is 0. The molecule has 0 saturated carbocycles. The fraction of sp³-hybridized carbons (Fsp3) is 0.500. The Bertz CT molecular complexity index is 284. The van der Waals surface area contributed by atoms with E-state index in [9.17, 15) is 13.2 Å². The number of pyridine rings is 1. The molecule has 0 aromatic carbocycles. The van der Waals surface area contributed by atoms with Crippen molar-refractivity contribution in [3.8, 4) is 0 Å². The zero-order valence-electron chi connectivity index (χ0n) is 8.38. The van der Waals surface area contributed by atoms with Gasteiger partial charge in [-0.3, -0.25) is 4.98 Å². The Balaban J connectivity index is 2.55. The minimum absolute atomic E-state index is 0.337. The molecule has 1 atom stereocenters. The summed E-state index contributed by atoms with van der Waals surface area (Å²) in [7, 11) is 1.53. The van der Waals surface area contributed by atoms with E-state index in [1.165, 1.54) is 7.05 Å². The number of likely N-dealkylation sites (N-methyl/N-ethyl adjacent to an activating group) is 1. The van der Waals surface area contributed by atoms with Crippen LogP contribution in [0, 0.1) is 0 Å². The third kappa shape index (κ3) is 4.78. The molecule has 0 bridgehead atoms. The molecule has 0 saturated heterocycles. The van der Waals surface area contributed by atoms with Gasteiger partial charge in [-0.15, -0.1) is 0 Å². The van der Waals surface area contributed by atoms with Crippen LogP contribution in [0.3, 0.4) is 0 Å². The summed E-state index contributed by atoms with van der Waals surface area (Å²) in [5.74, 6) is 0. The van der Waals surface area contributed by atoms with E-state index in [4.69, 9.17) is 0 Å². The van der Waals surface area contributed by atoms with E-state index in [2.05, 4.69) is 10.3 Å². The Morgan fingerprint density at radius 1 is 1.47 bits per heavy atom. The van der Waals surface area contributed by atoms with E-state index in [-0.39, 0.29) is 0 Å². The van der Waals surface area contributed by atoms with Crippen molar-refractivity contribution in [1.29, 1.82) is 0 Å². The third-order valence-corrected chi connectivity index (χ3v) is 2.09. The van der Waals surface area contributed by atoms with E-state index in [1.807, 2.05) is 0 Å². The van der Waals surface area contributed by atoms with Gasteiger partial charge in [-0.25, -0.2) is 0 Å². The highest BCUT2D eigenvalue weighted by atomic mass is 19.4. The molecule has 84 valence electrons. The van der Waals surface area contributed by atoms with Crippen LogP contribution >= 0.6 is 0 Å². The molecular formula is C10H13F3N2. The molecule has 0 aliphatic carbocycles. The van der Waals surface area contributed by atoms with Gasteiger partial charge in [0.15, 0.2) is 0 Å². The predicted molar refractivity (Wildman–Crippen MR) is 51.5 cm³/mol. The Morgan fingerprint density at radius 2 is 2.20 bits per heavy atom. The van der Waals surface area contributed by atoms with Gasteiger partial charge in [-0.1, -0.05) is 6.07 Å². The van der Waals surface area contributed by atoms with Crippen molar-refractivity contribution in [3.05, 3.63) is 30.1 Å². The first-order valence-electron chi connectivity index (χ1n) is 4.64. The Hall–Kier alpha value is -1.10. The van der Waals surface area contributed by atoms with E-state index >= 15 is 0 Å². The molecule has 0 amide bonds. The molecule has 0 aliphatic rings. The average Bonchev–Trinajstić information content (AvgIpc) is 2.16. The van der Waals surface area contributed by atoms with Crippen molar-refractivity contribution < 1.29 is 13.2 Å². The van der Waals surface area contributed by atoms with Gasteiger partial charge in [0.25, 0.3) is 0 Å². The maximum absolute atomic E-state index is 12.1. The highest BCUT2D eigenvalue weighted by Crippen LogP contribution is 2.22. The van der Waals surface area contributed by atoms with Crippen LogP contribution in [-0.2, 0) is 6.42 Å². The summed E-state index contributed by atoms with van der Waals surface area (Å²) in [4.78, 5) is 3.86. The molecular weight excluding hydrogens is 205 g/mol. The second kappa shape index (κ2) is 5.11. The van der Waals surface area contributed by atoms with Crippen molar-refractivity contribution in [2.24, 2.45) is 0 Å². The number of nitrogens with zero attached hydrogens (tertiary/aromatic N) is 1. The molecule has 5 heteroatoms. The fourth-order valence-electron chi connectivity index (χ4n) is 1.36. The summed E-state index contributed by atoms with van der Waals surface area (Å²) in [6, 6.07) is 2.90. The number of aromatic nitrogens is 1. The van der Waals surface area contributed by atoms with E-state index in [0.717, 1.165) is 5.56 Å². The van der Waals surface area contributed by atoms with Gasteiger partial charge < -0.3 is 5.32 Å². The van der Waals surface area contributed by atoms with E-state index in [1.54, 1.807) is 24.5 Å². The van der Waals surface area contributed by atoms with Gasteiger partial charge >= 0.3 is 6.18 Å². The molecule has 1 heterocycles. The van der Waals surface area contributed by atoms with Crippen LogP contribution in [0.4, 0.5) is 13.2 Å². The summed E-state index contributed by atoms with van der Waals surface area (Å²) in [5, 5.41) is 2.66. The van der Waals surface area contributed by atoms with Crippen LogP contribution in [0.15, 0.2) is 24.5 Å². The molecule has 1 aromatic heterocycles. The summed E-state index contributed by atoms with van der Waals surface area (Å²) < 4.78 is 36.4. The van der Waals surface area contributed by atoms with Gasteiger partial charge in [0.2, 0.25) is 0 Å². The summed E-state index contributed by atoms with van der Waals surface area (Å²) in [5.41, 5.74) is 0.807. The van der Waals surface area contributed by atoms with Crippen LogP contribution in [0.25, 0.3) is 0 Å². The first-order valence-corrected chi connectivity index (χ1v) is 4.64. The Kier molecular flexibility index (Phi) is 4.08. The van der Waals surface area contributed by atoms with E-state index < -0.39 is 18.6 Å². The zero-order chi connectivity index (χ0) is 11.3. The lowest BCUT2D eigenvalue weighted by atomic mass is 10.1. The van der Waals surface area contributed by atoms with Crippen molar-refractivity contribution >= 4 is 0 Å².